The molecule has 1 saturated heterocycles. The Labute approximate surface area is 187 Å². The summed E-state index contributed by atoms with van der Waals surface area (Å²) >= 11 is 0. The van der Waals surface area contributed by atoms with E-state index in [-0.39, 0.29) is 19.1 Å². The van der Waals surface area contributed by atoms with Crippen LogP contribution in [0, 0.1) is 0 Å². The van der Waals surface area contributed by atoms with Crippen LogP contribution < -0.4 is 5.32 Å². The molecule has 0 atom stereocenters. The van der Waals surface area contributed by atoms with Gasteiger partial charge in [-0.15, -0.1) is 0 Å². The maximum absolute atomic E-state index is 12.3. The normalized spacial score (nSPS) is 17.2. The molecule has 1 aromatic carbocycles. The Morgan fingerprint density at radius 1 is 0.969 bits per heavy atom. The fourth-order valence-corrected chi connectivity index (χ4v) is 3.56. The largest absolute Gasteiger partial charge is 0.471 e. The molecule has 180 valence electrons. The average Bonchev–Trinajstić information content (AvgIpc) is 2.83. The van der Waals surface area contributed by atoms with Gasteiger partial charge in [0.25, 0.3) is 0 Å². The molecule has 1 aliphatic heterocycles. The van der Waals surface area contributed by atoms with Gasteiger partial charge in [-0.05, 0) is 25.5 Å². The molecule has 1 aromatic rings. The highest BCUT2D eigenvalue weighted by Gasteiger charge is 2.38. The van der Waals surface area contributed by atoms with E-state index >= 15 is 0 Å². The van der Waals surface area contributed by atoms with E-state index in [1.165, 1.54) is 5.56 Å². The maximum Gasteiger partial charge on any atom is 0.471 e. The summed E-state index contributed by atoms with van der Waals surface area (Å²) < 4.78 is 42.1. The summed E-state index contributed by atoms with van der Waals surface area (Å²) in [5.41, 5.74) is 1.20. The molecule has 0 spiro atoms. The zero-order valence-electron chi connectivity index (χ0n) is 18.6. The Hall–Kier alpha value is -2.17. The first-order valence-corrected chi connectivity index (χ1v) is 11.0. The third-order valence-electron chi connectivity index (χ3n) is 5.30. The number of alkyl halides is 3. The summed E-state index contributed by atoms with van der Waals surface area (Å²) in [4.78, 5) is 29.5. The second-order valence-electron chi connectivity index (χ2n) is 7.79. The highest BCUT2D eigenvalue weighted by molar-refractivity contribution is 5.81. The van der Waals surface area contributed by atoms with Gasteiger partial charge in [0.2, 0.25) is 0 Å². The fourth-order valence-electron chi connectivity index (χ4n) is 3.56. The van der Waals surface area contributed by atoms with Crippen LogP contribution in [-0.4, -0.2) is 98.3 Å². The van der Waals surface area contributed by atoms with E-state index in [0.29, 0.717) is 32.7 Å². The van der Waals surface area contributed by atoms with Crippen LogP contribution >= 0.6 is 0 Å². The molecular formula is C22H33F3N4O3. The lowest BCUT2D eigenvalue weighted by molar-refractivity contribution is -0.173. The molecule has 0 aromatic heterocycles. The molecule has 0 saturated carbocycles. The quantitative estimate of drug-likeness (QED) is 0.449. The molecule has 7 nitrogen and oxygen atoms in total. The van der Waals surface area contributed by atoms with E-state index in [1.807, 2.05) is 23.5 Å². The lowest BCUT2D eigenvalue weighted by Crippen LogP contribution is -2.41. The topological polar surface area (TPSA) is 65.1 Å². The molecular weight excluding hydrogens is 425 g/mol. The van der Waals surface area contributed by atoms with Gasteiger partial charge in [-0.25, -0.2) is 0 Å². The standard InChI is InChI=1S/C22H33F3N4O3/c1-2-32-20(30)18-29-14-12-27(10-6-9-26-21(31)22(23,24)25)11-13-28(15-16-29)17-19-7-4-3-5-8-19/h3-5,7-8H,2,6,9-18H2,1H3,(H,26,31). The minimum atomic E-state index is -4.86. The fraction of sp³-hybridized carbons (Fsp3) is 0.636. The van der Waals surface area contributed by atoms with Crippen LogP contribution in [-0.2, 0) is 20.9 Å². The number of carbonyl (C=O) groups excluding carboxylic acids is 2. The van der Waals surface area contributed by atoms with Gasteiger partial charge in [0.05, 0.1) is 13.2 Å². The average molecular weight is 459 g/mol. The zero-order chi connectivity index (χ0) is 23.4. The van der Waals surface area contributed by atoms with Crippen molar-refractivity contribution in [2.45, 2.75) is 26.1 Å². The number of ether oxygens (including phenoxy) is 1. The Morgan fingerprint density at radius 2 is 1.56 bits per heavy atom. The van der Waals surface area contributed by atoms with Gasteiger partial charge in [0, 0.05) is 52.4 Å². The van der Waals surface area contributed by atoms with Gasteiger partial charge in [-0.1, -0.05) is 30.3 Å². The summed E-state index contributed by atoms with van der Waals surface area (Å²) in [5, 5.41) is 1.92. The van der Waals surface area contributed by atoms with E-state index in [2.05, 4.69) is 26.8 Å². The van der Waals surface area contributed by atoms with Crippen molar-refractivity contribution in [2.24, 2.45) is 0 Å². The molecule has 1 fully saturated rings. The van der Waals surface area contributed by atoms with Crippen LogP contribution in [0.3, 0.4) is 0 Å². The van der Waals surface area contributed by atoms with Crippen LogP contribution in [0.1, 0.15) is 18.9 Å². The number of amides is 1. The van der Waals surface area contributed by atoms with Crippen LogP contribution in [0.5, 0.6) is 0 Å². The minimum absolute atomic E-state index is 0.0326. The molecule has 2 rings (SSSR count). The van der Waals surface area contributed by atoms with E-state index in [4.69, 9.17) is 4.74 Å². The summed E-state index contributed by atoms with van der Waals surface area (Å²) in [5.74, 6) is -2.17. The number of rotatable bonds is 9. The van der Waals surface area contributed by atoms with Crippen molar-refractivity contribution in [3.05, 3.63) is 35.9 Å². The van der Waals surface area contributed by atoms with Crippen molar-refractivity contribution in [3.63, 3.8) is 0 Å². The third kappa shape index (κ3) is 9.97. The summed E-state index contributed by atoms with van der Waals surface area (Å²) in [6.07, 6.45) is -4.44. The lowest BCUT2D eigenvalue weighted by atomic mass is 10.2. The predicted octanol–water partition coefficient (Wildman–Crippen LogP) is 1.74. The van der Waals surface area contributed by atoms with Crippen molar-refractivity contribution in [3.8, 4) is 0 Å². The SMILES string of the molecule is CCOC(=O)CN1CCN(CCCNC(=O)C(F)(F)F)CCN(Cc2ccccc2)CC1. The van der Waals surface area contributed by atoms with Gasteiger partial charge < -0.3 is 15.0 Å². The molecule has 0 bridgehead atoms. The van der Waals surface area contributed by atoms with Crippen molar-refractivity contribution >= 4 is 11.9 Å². The molecule has 0 radical (unpaired) electrons. The first kappa shape index (κ1) is 26.1. The zero-order valence-corrected chi connectivity index (χ0v) is 18.6. The highest BCUT2D eigenvalue weighted by Crippen LogP contribution is 2.14. The van der Waals surface area contributed by atoms with Gasteiger partial charge in [-0.3, -0.25) is 19.4 Å². The van der Waals surface area contributed by atoms with Crippen molar-refractivity contribution in [2.75, 3.05) is 65.5 Å². The van der Waals surface area contributed by atoms with Crippen LogP contribution in [0.25, 0.3) is 0 Å². The summed E-state index contributed by atoms with van der Waals surface area (Å²) in [7, 11) is 0. The van der Waals surface area contributed by atoms with Crippen molar-refractivity contribution < 1.29 is 27.5 Å². The van der Waals surface area contributed by atoms with E-state index in [0.717, 1.165) is 32.7 Å². The number of benzene rings is 1. The van der Waals surface area contributed by atoms with E-state index in [9.17, 15) is 22.8 Å². The molecule has 1 aliphatic rings. The molecule has 0 unspecified atom stereocenters. The first-order chi connectivity index (χ1) is 15.3. The number of nitrogens with one attached hydrogen (secondary N) is 1. The third-order valence-corrected chi connectivity index (χ3v) is 5.30. The Balaban J connectivity index is 1.93. The molecule has 32 heavy (non-hydrogen) atoms. The van der Waals surface area contributed by atoms with E-state index in [1.54, 1.807) is 6.92 Å². The highest BCUT2D eigenvalue weighted by atomic mass is 19.4. The minimum Gasteiger partial charge on any atom is -0.465 e. The number of esters is 1. The molecule has 1 heterocycles. The number of hydrogen-bond acceptors (Lipinski definition) is 6. The smallest absolute Gasteiger partial charge is 0.465 e. The van der Waals surface area contributed by atoms with Gasteiger partial charge in [-0.2, -0.15) is 13.2 Å². The van der Waals surface area contributed by atoms with Crippen molar-refractivity contribution in [1.29, 1.82) is 0 Å². The van der Waals surface area contributed by atoms with Gasteiger partial charge >= 0.3 is 18.1 Å². The molecule has 0 aliphatic carbocycles. The van der Waals surface area contributed by atoms with Gasteiger partial charge in [0.15, 0.2) is 0 Å². The second-order valence-corrected chi connectivity index (χ2v) is 7.79. The maximum atomic E-state index is 12.3. The number of halogens is 3. The Morgan fingerprint density at radius 3 is 2.16 bits per heavy atom. The Kier molecular flexibility index (Phi) is 10.9. The second kappa shape index (κ2) is 13.4. The summed E-state index contributed by atoms with van der Waals surface area (Å²) in [6, 6.07) is 10.1. The number of nitrogens with zero attached hydrogens (tertiary/aromatic N) is 3. The van der Waals surface area contributed by atoms with Crippen LogP contribution in [0.15, 0.2) is 30.3 Å². The predicted molar refractivity (Wildman–Crippen MR) is 115 cm³/mol. The molecule has 10 heteroatoms. The molecule has 1 N–H and O–H groups in total. The van der Waals surface area contributed by atoms with Crippen LogP contribution in [0.4, 0.5) is 13.2 Å². The lowest BCUT2D eigenvalue weighted by Gasteiger charge is -2.26. The van der Waals surface area contributed by atoms with Gasteiger partial charge in [0.1, 0.15) is 0 Å². The molecule has 1 amide bonds. The number of carbonyl (C=O) groups is 2. The summed E-state index contributed by atoms with van der Waals surface area (Å²) in [6.45, 7) is 8.06. The van der Waals surface area contributed by atoms with E-state index < -0.39 is 12.1 Å². The number of hydrogen-bond donors (Lipinski definition) is 1. The van der Waals surface area contributed by atoms with Crippen molar-refractivity contribution in [1.82, 2.24) is 20.0 Å². The monoisotopic (exact) mass is 458 g/mol. The Bertz CT molecular complexity index is 703. The van der Waals surface area contributed by atoms with Crippen LogP contribution in [0.2, 0.25) is 0 Å². The first-order valence-electron chi connectivity index (χ1n) is 11.0.